The van der Waals surface area contributed by atoms with Gasteiger partial charge in [0.2, 0.25) is 0 Å². The maximum absolute atomic E-state index is 12.6. The van der Waals surface area contributed by atoms with Crippen LogP contribution in [0.5, 0.6) is 5.75 Å². The first-order valence-electron chi connectivity index (χ1n) is 3.60. The zero-order valence-electron chi connectivity index (χ0n) is 6.78. The van der Waals surface area contributed by atoms with Gasteiger partial charge in [0.15, 0.2) is 5.75 Å². The van der Waals surface area contributed by atoms with E-state index in [9.17, 15) is 4.39 Å². The van der Waals surface area contributed by atoms with Crippen LogP contribution >= 0.6 is 25.1 Å². The standard InChI is InChI=1S/C6H4FN3OP3/c7-5-1-3-6(4-2-5)11-14-9-12-8-13-10-14/h1-4H/q+1. The summed E-state index contributed by atoms with van der Waals surface area (Å²) in [5.74, 6) is 0.297. The molecule has 0 unspecified atom stereocenters. The Bertz CT molecular complexity index is 412. The van der Waals surface area contributed by atoms with Crippen LogP contribution in [0.3, 0.4) is 0 Å². The first-order valence-corrected chi connectivity index (χ1v) is 6.36. The normalized spacial score (nSPS) is 12.2. The number of nitrogens with zero attached hydrogens (tertiary/aromatic N) is 3. The molecule has 0 radical (unpaired) electrons. The third-order valence-electron chi connectivity index (χ3n) is 1.31. The molecule has 1 aromatic carbocycles. The SMILES string of the molecule is Fc1ccc(O[p+]2npnpn2)cc1. The third kappa shape index (κ3) is 2.62. The quantitative estimate of drug-likeness (QED) is 0.815. The largest absolute Gasteiger partial charge is 0.414 e. The lowest BCUT2D eigenvalue weighted by molar-refractivity contribution is 0.603. The molecule has 0 saturated heterocycles. The second-order valence-electron chi connectivity index (χ2n) is 2.25. The van der Waals surface area contributed by atoms with E-state index in [-0.39, 0.29) is 5.82 Å². The molecule has 0 saturated carbocycles. The van der Waals surface area contributed by atoms with E-state index in [1.54, 1.807) is 12.1 Å². The molecule has 8 heteroatoms. The molecule has 0 aliphatic carbocycles. The fourth-order valence-corrected chi connectivity index (χ4v) is 3.45. The molecule has 0 amide bonds. The van der Waals surface area contributed by atoms with Crippen molar-refractivity contribution in [3.05, 3.63) is 30.1 Å². The predicted octanol–water partition coefficient (Wildman–Crippen LogP) is 3.28. The molecule has 0 aliphatic heterocycles. The highest BCUT2D eigenvalue weighted by molar-refractivity contribution is 7.50. The molecular formula is C6H4FN3OP3+. The average Bonchev–Trinajstić information content (AvgIpc) is 2.23. The van der Waals surface area contributed by atoms with Crippen LogP contribution in [0.15, 0.2) is 24.3 Å². The van der Waals surface area contributed by atoms with Crippen molar-refractivity contribution in [1.29, 1.82) is 0 Å². The lowest BCUT2D eigenvalue weighted by Gasteiger charge is -1.95. The Morgan fingerprint density at radius 1 is 1.14 bits per heavy atom. The van der Waals surface area contributed by atoms with Crippen LogP contribution in [0.25, 0.3) is 0 Å². The van der Waals surface area contributed by atoms with Gasteiger partial charge < -0.3 is 4.52 Å². The summed E-state index contributed by atoms with van der Waals surface area (Å²) in [5.41, 5.74) is 0. The van der Waals surface area contributed by atoms with Crippen molar-refractivity contribution in [2.24, 2.45) is 0 Å². The fourth-order valence-electron chi connectivity index (χ4n) is 0.766. The molecule has 0 bridgehead atoms. The van der Waals surface area contributed by atoms with Gasteiger partial charge in [0, 0.05) is 9.02 Å². The number of hydrogen-bond acceptors (Lipinski definition) is 4. The maximum Gasteiger partial charge on any atom is 0.414 e. The number of rotatable bonds is 2. The second kappa shape index (κ2) is 4.65. The highest BCUT2D eigenvalue weighted by atomic mass is 31.2. The van der Waals surface area contributed by atoms with E-state index in [1.807, 2.05) is 0 Å². The molecule has 0 N–H and O–H groups in total. The molecule has 4 nitrogen and oxygen atoms in total. The van der Waals surface area contributed by atoms with Gasteiger partial charge in [0.05, 0.1) is 0 Å². The van der Waals surface area contributed by atoms with Gasteiger partial charge in [0.1, 0.15) is 5.82 Å². The molecule has 0 fully saturated rings. The van der Waals surface area contributed by atoms with Crippen molar-refractivity contribution in [3.8, 4) is 5.75 Å². The van der Waals surface area contributed by atoms with Gasteiger partial charge in [-0.15, -0.1) is 0 Å². The van der Waals surface area contributed by atoms with Gasteiger partial charge in [-0.2, -0.15) is 0 Å². The molecule has 1 aromatic heterocycles. The van der Waals surface area contributed by atoms with E-state index in [2.05, 4.69) is 13.5 Å². The van der Waals surface area contributed by atoms with Gasteiger partial charge in [-0.25, -0.2) is 4.39 Å². The summed E-state index contributed by atoms with van der Waals surface area (Å²) < 4.78 is 29.9. The third-order valence-corrected chi connectivity index (χ3v) is 4.19. The van der Waals surface area contributed by atoms with E-state index in [1.165, 1.54) is 12.1 Å². The number of halogens is 1. The Kier molecular flexibility index (Phi) is 3.26. The Hall–Kier alpha value is -0.750. The maximum atomic E-state index is 12.6. The molecule has 14 heavy (non-hydrogen) atoms. The van der Waals surface area contributed by atoms with Gasteiger partial charge >= 0.3 is 25.1 Å². The topological polar surface area (TPSA) is 47.9 Å². The molecule has 70 valence electrons. The molecule has 0 aliphatic rings. The number of benzene rings is 1. The smallest absolute Gasteiger partial charge is 0.358 e. The van der Waals surface area contributed by atoms with Gasteiger partial charge in [-0.3, -0.25) is 0 Å². The highest BCUT2D eigenvalue weighted by Gasteiger charge is 2.06. The zero-order chi connectivity index (χ0) is 9.80. The molecule has 2 rings (SSSR count). The van der Waals surface area contributed by atoms with E-state index < -0.39 is 8.08 Å². The van der Waals surface area contributed by atoms with Gasteiger partial charge in [-0.1, -0.05) is 0 Å². The van der Waals surface area contributed by atoms with Gasteiger partial charge in [0.25, 0.3) is 0 Å². The van der Waals surface area contributed by atoms with Crippen LogP contribution < -0.4 is 4.52 Å². The van der Waals surface area contributed by atoms with Crippen molar-refractivity contribution in [3.63, 3.8) is 0 Å². The van der Waals surface area contributed by atoms with E-state index in [4.69, 9.17) is 4.52 Å². The van der Waals surface area contributed by atoms with E-state index in [0.29, 0.717) is 22.8 Å². The minimum absolute atomic E-state index is 0.283. The van der Waals surface area contributed by atoms with Crippen molar-refractivity contribution in [1.82, 2.24) is 13.5 Å². The minimum Gasteiger partial charge on any atom is -0.358 e. The molecule has 0 atom stereocenters. The van der Waals surface area contributed by atoms with Crippen LogP contribution in [0.4, 0.5) is 4.39 Å². The Balaban J connectivity index is 2.16. The molecule has 0 spiro atoms. The summed E-state index contributed by atoms with van der Waals surface area (Å²) >= 11 is 0. The first kappa shape index (κ1) is 9.79. The van der Waals surface area contributed by atoms with Crippen LogP contribution in [0.1, 0.15) is 0 Å². The molecule has 1 heterocycles. The second-order valence-corrected chi connectivity index (χ2v) is 5.44. The lowest BCUT2D eigenvalue weighted by atomic mass is 10.3. The van der Waals surface area contributed by atoms with E-state index >= 15 is 0 Å². The lowest BCUT2D eigenvalue weighted by Crippen LogP contribution is -1.82. The number of aromatic nitrogens is 3. The fraction of sp³-hybridized carbons (Fsp3) is 0. The van der Waals surface area contributed by atoms with Crippen LogP contribution in [-0.4, -0.2) is 13.5 Å². The summed E-state index contributed by atoms with van der Waals surface area (Å²) in [4.78, 5) is 0. The average molecular weight is 246 g/mol. The Morgan fingerprint density at radius 3 is 2.43 bits per heavy atom. The summed E-state index contributed by atoms with van der Waals surface area (Å²) in [6.07, 6.45) is 0. The Labute approximate surface area is 83.9 Å². The summed E-state index contributed by atoms with van der Waals surface area (Å²) in [6.45, 7) is 0. The molecule has 2 aromatic rings. The van der Waals surface area contributed by atoms with Crippen molar-refractivity contribution < 1.29 is 8.91 Å². The van der Waals surface area contributed by atoms with Crippen molar-refractivity contribution >= 4 is 25.1 Å². The summed E-state index contributed by atoms with van der Waals surface area (Å²) in [6, 6.07) is 5.80. The van der Waals surface area contributed by atoms with Crippen LogP contribution in [0, 0.1) is 5.82 Å². The van der Waals surface area contributed by atoms with Gasteiger partial charge in [-0.05, 0) is 28.8 Å². The summed E-state index contributed by atoms with van der Waals surface area (Å²) in [5, 5.41) is 0. The van der Waals surface area contributed by atoms with Crippen molar-refractivity contribution in [2.75, 3.05) is 0 Å². The summed E-state index contributed by atoms with van der Waals surface area (Å²) in [7, 11) is 0.156. The number of hydrogen-bond donors (Lipinski definition) is 0. The molecular weight excluding hydrogens is 242 g/mol. The monoisotopic (exact) mass is 246 g/mol. The van der Waals surface area contributed by atoms with Crippen LogP contribution in [-0.2, 0) is 0 Å². The Morgan fingerprint density at radius 2 is 1.79 bits per heavy atom. The van der Waals surface area contributed by atoms with E-state index in [0.717, 1.165) is 0 Å². The minimum atomic E-state index is -1.15. The zero-order valence-corrected chi connectivity index (χ0v) is 9.46. The first-order chi connectivity index (χ1) is 6.84. The van der Waals surface area contributed by atoms with Crippen molar-refractivity contribution in [2.45, 2.75) is 0 Å². The van der Waals surface area contributed by atoms with Crippen LogP contribution in [0.2, 0.25) is 0 Å². The highest BCUT2D eigenvalue weighted by Crippen LogP contribution is 2.26. The predicted molar refractivity (Wildman–Crippen MR) is 54.4 cm³/mol.